The van der Waals surface area contributed by atoms with Crippen LogP contribution in [0.4, 0.5) is 0 Å². The lowest BCUT2D eigenvalue weighted by atomic mass is 10.1. The van der Waals surface area contributed by atoms with E-state index in [0.29, 0.717) is 12.3 Å². The lowest BCUT2D eigenvalue weighted by molar-refractivity contribution is 0.0906. The molecule has 0 saturated heterocycles. The number of carbonyl (C=O) groups is 1. The highest BCUT2D eigenvalue weighted by Gasteiger charge is 2.24. The summed E-state index contributed by atoms with van der Waals surface area (Å²) in [6.45, 7) is 0.420. The van der Waals surface area contributed by atoms with E-state index in [1.54, 1.807) is 12.1 Å². The van der Waals surface area contributed by atoms with Crippen LogP contribution >= 0.6 is 0 Å². The van der Waals surface area contributed by atoms with Gasteiger partial charge >= 0.3 is 0 Å². The molecule has 0 radical (unpaired) electrons. The molecule has 5 heteroatoms. The van der Waals surface area contributed by atoms with Crippen molar-refractivity contribution in [3.05, 3.63) is 78.3 Å². The predicted molar refractivity (Wildman–Crippen MR) is 92.1 cm³/mol. The molecule has 5 nitrogen and oxygen atoms in total. The number of carbonyl (C=O) groups excluding carboxylic acids is 1. The van der Waals surface area contributed by atoms with Crippen LogP contribution in [0.1, 0.15) is 16.1 Å². The zero-order valence-corrected chi connectivity index (χ0v) is 13.5. The molecule has 2 heterocycles. The Kier molecular flexibility index (Phi) is 4.12. The number of rotatable bonds is 5. The molecular formula is C20H17NO4. The molecule has 2 aromatic carbocycles. The van der Waals surface area contributed by atoms with Crippen LogP contribution in [-0.4, -0.2) is 18.6 Å². The molecule has 0 aliphatic carbocycles. The zero-order valence-electron chi connectivity index (χ0n) is 13.5. The zero-order chi connectivity index (χ0) is 17.1. The summed E-state index contributed by atoms with van der Waals surface area (Å²) in [6, 6.07) is 18.7. The Labute approximate surface area is 145 Å². The highest BCUT2D eigenvalue weighted by Crippen LogP contribution is 2.33. The molecule has 1 N–H and O–H groups in total. The van der Waals surface area contributed by atoms with Crippen molar-refractivity contribution in [2.75, 3.05) is 6.54 Å². The quantitative estimate of drug-likeness (QED) is 0.770. The highest BCUT2D eigenvalue weighted by atomic mass is 16.5. The minimum Gasteiger partial charge on any atom is -0.488 e. The fourth-order valence-electron chi connectivity index (χ4n) is 2.80. The van der Waals surface area contributed by atoms with Gasteiger partial charge in [0.1, 0.15) is 23.4 Å². The summed E-state index contributed by atoms with van der Waals surface area (Å²) >= 11 is 0. The molecule has 1 aromatic heterocycles. The van der Waals surface area contributed by atoms with Crippen molar-refractivity contribution in [3.63, 3.8) is 0 Å². The number of ether oxygens (including phenoxy) is 2. The lowest BCUT2D eigenvalue weighted by Gasteiger charge is -2.11. The number of para-hydroxylation sites is 1. The average Bonchev–Trinajstić information content (AvgIpc) is 3.30. The summed E-state index contributed by atoms with van der Waals surface area (Å²) < 4.78 is 16.8. The summed E-state index contributed by atoms with van der Waals surface area (Å²) in [4.78, 5) is 11.9. The lowest BCUT2D eigenvalue weighted by Crippen LogP contribution is -2.34. The molecule has 1 atom stereocenters. The Hall–Kier alpha value is -3.21. The van der Waals surface area contributed by atoms with Gasteiger partial charge in [0.05, 0.1) is 12.8 Å². The van der Waals surface area contributed by atoms with Gasteiger partial charge in [0, 0.05) is 12.0 Å². The summed E-state index contributed by atoms with van der Waals surface area (Å²) in [6.07, 6.45) is 2.10. The van der Waals surface area contributed by atoms with Crippen molar-refractivity contribution in [2.24, 2.45) is 0 Å². The van der Waals surface area contributed by atoms with E-state index in [1.165, 1.54) is 6.26 Å². The molecule has 0 spiro atoms. The van der Waals surface area contributed by atoms with Crippen LogP contribution in [0.2, 0.25) is 0 Å². The van der Waals surface area contributed by atoms with Crippen LogP contribution in [0, 0.1) is 0 Å². The van der Waals surface area contributed by atoms with Gasteiger partial charge in [-0.2, -0.15) is 0 Å². The Morgan fingerprint density at radius 3 is 2.76 bits per heavy atom. The number of fused-ring (bicyclic) bond motifs is 1. The summed E-state index contributed by atoms with van der Waals surface area (Å²) in [5.41, 5.74) is 1.07. The monoisotopic (exact) mass is 335 g/mol. The SMILES string of the molecule is O=C(NCC1Cc2cc(Oc3ccccc3)ccc2O1)c1ccco1. The molecule has 126 valence electrons. The first-order valence-corrected chi connectivity index (χ1v) is 8.12. The normalized spacial score (nSPS) is 15.3. The second-order valence-corrected chi connectivity index (χ2v) is 5.82. The Morgan fingerprint density at radius 2 is 1.96 bits per heavy atom. The van der Waals surface area contributed by atoms with Gasteiger partial charge in [0.15, 0.2) is 5.76 Å². The number of benzene rings is 2. The molecule has 0 saturated carbocycles. The van der Waals surface area contributed by atoms with Gasteiger partial charge < -0.3 is 19.2 Å². The summed E-state index contributed by atoms with van der Waals surface area (Å²) in [5, 5.41) is 2.83. The van der Waals surface area contributed by atoms with Gasteiger partial charge in [-0.25, -0.2) is 0 Å². The van der Waals surface area contributed by atoms with Gasteiger partial charge in [-0.1, -0.05) is 18.2 Å². The molecular weight excluding hydrogens is 318 g/mol. The molecule has 4 rings (SSSR count). The fourth-order valence-corrected chi connectivity index (χ4v) is 2.80. The molecule has 1 unspecified atom stereocenters. The van der Waals surface area contributed by atoms with E-state index in [9.17, 15) is 4.79 Å². The van der Waals surface area contributed by atoms with Crippen LogP contribution in [0.15, 0.2) is 71.3 Å². The van der Waals surface area contributed by atoms with Gasteiger partial charge in [0.2, 0.25) is 0 Å². The maximum atomic E-state index is 11.9. The number of nitrogens with one attached hydrogen (secondary N) is 1. The molecule has 1 aliphatic heterocycles. The first kappa shape index (κ1) is 15.3. The van der Waals surface area contributed by atoms with E-state index in [4.69, 9.17) is 13.9 Å². The van der Waals surface area contributed by atoms with Crippen molar-refractivity contribution < 1.29 is 18.7 Å². The van der Waals surface area contributed by atoms with E-state index in [1.807, 2.05) is 48.5 Å². The van der Waals surface area contributed by atoms with Crippen molar-refractivity contribution in [1.29, 1.82) is 0 Å². The van der Waals surface area contributed by atoms with E-state index in [0.717, 1.165) is 29.2 Å². The Morgan fingerprint density at radius 1 is 1.08 bits per heavy atom. The first-order chi connectivity index (χ1) is 12.3. The minimum atomic E-state index is -0.238. The molecule has 0 fully saturated rings. The third-order valence-electron chi connectivity index (χ3n) is 3.99. The van der Waals surface area contributed by atoms with Gasteiger partial charge in [-0.05, 0) is 42.5 Å². The first-order valence-electron chi connectivity index (χ1n) is 8.12. The van der Waals surface area contributed by atoms with Crippen LogP contribution in [0.3, 0.4) is 0 Å². The van der Waals surface area contributed by atoms with E-state index in [2.05, 4.69) is 5.32 Å². The van der Waals surface area contributed by atoms with E-state index >= 15 is 0 Å². The van der Waals surface area contributed by atoms with E-state index in [-0.39, 0.29) is 12.0 Å². The number of hydrogen-bond donors (Lipinski definition) is 1. The van der Waals surface area contributed by atoms with Crippen molar-refractivity contribution in [3.8, 4) is 17.2 Å². The molecule has 3 aromatic rings. The van der Waals surface area contributed by atoms with Crippen molar-refractivity contribution >= 4 is 5.91 Å². The maximum Gasteiger partial charge on any atom is 0.287 e. The number of amides is 1. The predicted octanol–water partition coefficient (Wildman–Crippen LogP) is 3.81. The van der Waals surface area contributed by atoms with Crippen LogP contribution in [-0.2, 0) is 6.42 Å². The third-order valence-corrected chi connectivity index (χ3v) is 3.99. The number of furan rings is 1. The topological polar surface area (TPSA) is 60.7 Å². The maximum absolute atomic E-state index is 11.9. The Bertz CT molecular complexity index is 859. The Balaban J connectivity index is 1.36. The van der Waals surface area contributed by atoms with Crippen LogP contribution < -0.4 is 14.8 Å². The van der Waals surface area contributed by atoms with Crippen LogP contribution in [0.25, 0.3) is 0 Å². The average molecular weight is 335 g/mol. The summed E-state index contributed by atoms with van der Waals surface area (Å²) in [5.74, 6) is 2.46. The molecule has 0 bridgehead atoms. The molecule has 25 heavy (non-hydrogen) atoms. The molecule has 1 aliphatic rings. The van der Waals surface area contributed by atoms with Crippen molar-refractivity contribution in [2.45, 2.75) is 12.5 Å². The smallest absolute Gasteiger partial charge is 0.287 e. The summed E-state index contributed by atoms with van der Waals surface area (Å²) in [7, 11) is 0. The second kappa shape index (κ2) is 6.73. The second-order valence-electron chi connectivity index (χ2n) is 5.82. The van der Waals surface area contributed by atoms with Crippen LogP contribution in [0.5, 0.6) is 17.2 Å². The number of hydrogen-bond acceptors (Lipinski definition) is 4. The van der Waals surface area contributed by atoms with Gasteiger partial charge in [-0.3, -0.25) is 4.79 Å². The van der Waals surface area contributed by atoms with Gasteiger partial charge in [-0.15, -0.1) is 0 Å². The fraction of sp³-hybridized carbons (Fsp3) is 0.150. The highest BCUT2D eigenvalue weighted by molar-refractivity contribution is 5.91. The third kappa shape index (κ3) is 3.50. The largest absolute Gasteiger partial charge is 0.488 e. The molecule has 1 amide bonds. The standard InChI is InChI=1S/C20H17NO4/c22-20(19-7-4-10-23-19)21-13-17-12-14-11-16(8-9-18(14)25-17)24-15-5-2-1-3-6-15/h1-11,17H,12-13H2,(H,21,22). The minimum absolute atomic E-state index is 0.0964. The van der Waals surface area contributed by atoms with Gasteiger partial charge in [0.25, 0.3) is 5.91 Å². The van der Waals surface area contributed by atoms with Crippen molar-refractivity contribution in [1.82, 2.24) is 5.32 Å². The van der Waals surface area contributed by atoms with E-state index < -0.39 is 0 Å².